The number of aromatic nitrogens is 3. The first-order valence-electron chi connectivity index (χ1n) is 4.55. The summed E-state index contributed by atoms with van der Waals surface area (Å²) in [4.78, 5) is 24.7. The number of rotatable bonds is 3. The summed E-state index contributed by atoms with van der Waals surface area (Å²) < 4.78 is 0. The fourth-order valence-electron chi connectivity index (χ4n) is 1.23. The third-order valence-electron chi connectivity index (χ3n) is 1.95. The summed E-state index contributed by atoms with van der Waals surface area (Å²) >= 11 is 4.50. The normalized spacial score (nSPS) is 10.4. The van der Waals surface area contributed by atoms with Crippen LogP contribution < -0.4 is 0 Å². The number of halogens is 1. The first-order chi connectivity index (χ1) is 7.72. The molecule has 0 aliphatic carbocycles. The molecule has 0 N–H and O–H groups in total. The highest BCUT2D eigenvalue weighted by molar-refractivity contribution is 9.09. The summed E-state index contributed by atoms with van der Waals surface area (Å²) in [5.41, 5.74) is 1.44. The van der Waals surface area contributed by atoms with Gasteiger partial charge >= 0.3 is 0 Å². The van der Waals surface area contributed by atoms with Crippen LogP contribution in [0.4, 0.5) is 0 Å². The highest BCUT2D eigenvalue weighted by atomic mass is 79.9. The van der Waals surface area contributed by atoms with Crippen molar-refractivity contribution in [1.29, 1.82) is 0 Å². The van der Waals surface area contributed by atoms with E-state index >= 15 is 0 Å². The van der Waals surface area contributed by atoms with Crippen molar-refractivity contribution >= 4 is 33.0 Å². The van der Waals surface area contributed by atoms with Gasteiger partial charge in [0.2, 0.25) is 0 Å². The maximum Gasteiger partial charge on any atom is 0.185 e. The van der Waals surface area contributed by atoms with E-state index in [-0.39, 0.29) is 5.78 Å². The highest BCUT2D eigenvalue weighted by Gasteiger charge is 2.15. The fraction of sp³-hybridized carbons (Fsp3) is 0.200. The molecule has 6 heteroatoms. The molecule has 0 amide bonds. The number of aryl methyl sites for hydroxylation is 1. The first-order valence-corrected chi connectivity index (χ1v) is 6.49. The quantitative estimate of drug-likeness (QED) is 0.645. The molecule has 2 heterocycles. The Kier molecular flexibility index (Phi) is 3.40. The molecule has 0 atom stereocenters. The third-order valence-corrected chi connectivity index (χ3v) is 3.68. The van der Waals surface area contributed by atoms with Crippen LogP contribution in [0.3, 0.4) is 0 Å². The van der Waals surface area contributed by atoms with Crippen LogP contribution in [0.25, 0.3) is 10.7 Å². The molecule has 0 unspecified atom stereocenters. The monoisotopic (exact) mass is 297 g/mol. The average Bonchev–Trinajstić information content (AvgIpc) is 2.71. The van der Waals surface area contributed by atoms with Gasteiger partial charge < -0.3 is 0 Å². The zero-order valence-electron chi connectivity index (χ0n) is 8.48. The Morgan fingerprint density at radius 3 is 2.94 bits per heavy atom. The van der Waals surface area contributed by atoms with Crippen molar-refractivity contribution in [3.05, 3.63) is 29.2 Å². The Labute approximate surface area is 105 Å². The number of Topliss-reactive ketones (excluding diaryl/α,β-unsaturated/α-hetero) is 1. The van der Waals surface area contributed by atoms with Crippen molar-refractivity contribution in [3.8, 4) is 10.7 Å². The van der Waals surface area contributed by atoms with Crippen LogP contribution in [-0.2, 0) is 0 Å². The number of carbonyl (C=O) groups is 1. The fourth-order valence-corrected chi connectivity index (χ4v) is 2.67. The molecular weight excluding hydrogens is 290 g/mol. The van der Waals surface area contributed by atoms with Crippen molar-refractivity contribution in [2.24, 2.45) is 0 Å². The topological polar surface area (TPSA) is 55.7 Å². The van der Waals surface area contributed by atoms with Gasteiger partial charge in [-0.3, -0.25) is 14.8 Å². The van der Waals surface area contributed by atoms with Gasteiger partial charge in [-0.15, -0.1) is 11.3 Å². The summed E-state index contributed by atoms with van der Waals surface area (Å²) in [5, 5.41) is 1.05. The highest BCUT2D eigenvalue weighted by Crippen LogP contribution is 2.26. The Hall–Kier alpha value is -1.14. The van der Waals surface area contributed by atoms with Crippen molar-refractivity contribution in [2.75, 3.05) is 5.33 Å². The van der Waals surface area contributed by atoms with E-state index in [4.69, 9.17) is 0 Å². The number of hydrogen-bond donors (Lipinski definition) is 0. The van der Waals surface area contributed by atoms with E-state index in [0.717, 1.165) is 10.7 Å². The van der Waals surface area contributed by atoms with E-state index in [1.807, 2.05) is 6.92 Å². The summed E-state index contributed by atoms with van der Waals surface area (Å²) in [6, 6.07) is 0. The Morgan fingerprint density at radius 1 is 1.50 bits per heavy atom. The van der Waals surface area contributed by atoms with E-state index in [1.165, 1.54) is 11.3 Å². The van der Waals surface area contributed by atoms with Crippen LogP contribution in [0.15, 0.2) is 18.6 Å². The van der Waals surface area contributed by atoms with Crippen molar-refractivity contribution in [1.82, 2.24) is 15.0 Å². The lowest BCUT2D eigenvalue weighted by molar-refractivity contribution is 0.102. The van der Waals surface area contributed by atoms with Gasteiger partial charge in [0.25, 0.3) is 0 Å². The molecule has 0 fully saturated rings. The Balaban J connectivity index is 2.42. The molecule has 2 aromatic heterocycles. The molecule has 2 rings (SSSR count). The van der Waals surface area contributed by atoms with Crippen LogP contribution in [-0.4, -0.2) is 26.1 Å². The van der Waals surface area contributed by atoms with E-state index in [9.17, 15) is 4.79 Å². The van der Waals surface area contributed by atoms with Gasteiger partial charge in [0.05, 0.1) is 22.1 Å². The molecule has 0 saturated carbocycles. The molecule has 0 spiro atoms. The molecular formula is C10H8BrN3OS. The standard InChI is InChI=1S/C10H8BrN3OS/c1-6-9(8(15)4-11)16-10(14-6)7-5-12-2-3-13-7/h2-3,5H,4H2,1H3. The lowest BCUT2D eigenvalue weighted by Crippen LogP contribution is -1.98. The van der Waals surface area contributed by atoms with E-state index < -0.39 is 0 Å². The predicted octanol–water partition coefficient (Wildman–Crippen LogP) is 2.49. The zero-order chi connectivity index (χ0) is 11.5. The molecule has 0 radical (unpaired) electrons. The number of alkyl halides is 1. The van der Waals surface area contributed by atoms with Gasteiger partial charge in [-0.25, -0.2) is 4.98 Å². The van der Waals surface area contributed by atoms with Crippen molar-refractivity contribution in [3.63, 3.8) is 0 Å². The number of nitrogens with zero attached hydrogens (tertiary/aromatic N) is 3. The molecule has 4 nitrogen and oxygen atoms in total. The lowest BCUT2D eigenvalue weighted by atomic mass is 10.3. The molecule has 82 valence electrons. The second-order valence-corrected chi connectivity index (χ2v) is 4.64. The van der Waals surface area contributed by atoms with Crippen LogP contribution in [0.2, 0.25) is 0 Å². The molecule has 0 aliphatic heterocycles. The summed E-state index contributed by atoms with van der Waals surface area (Å²) in [7, 11) is 0. The largest absolute Gasteiger partial charge is 0.292 e. The van der Waals surface area contributed by atoms with E-state index in [2.05, 4.69) is 30.9 Å². The number of thiazole rings is 1. The third kappa shape index (κ3) is 2.17. The molecule has 2 aromatic rings. The van der Waals surface area contributed by atoms with Gasteiger partial charge in [0.15, 0.2) is 5.78 Å². The van der Waals surface area contributed by atoms with Crippen LogP contribution in [0.1, 0.15) is 15.4 Å². The second kappa shape index (κ2) is 4.80. The van der Waals surface area contributed by atoms with Gasteiger partial charge in [0, 0.05) is 12.4 Å². The van der Waals surface area contributed by atoms with Crippen LogP contribution >= 0.6 is 27.3 Å². The molecule has 0 aromatic carbocycles. The van der Waals surface area contributed by atoms with Crippen LogP contribution in [0.5, 0.6) is 0 Å². The second-order valence-electron chi connectivity index (χ2n) is 3.08. The predicted molar refractivity (Wildman–Crippen MR) is 66.0 cm³/mol. The Bertz CT molecular complexity index is 512. The maximum atomic E-state index is 11.6. The van der Waals surface area contributed by atoms with Crippen LogP contribution in [0, 0.1) is 6.92 Å². The van der Waals surface area contributed by atoms with E-state index in [0.29, 0.717) is 15.9 Å². The molecule has 0 bridgehead atoms. The Morgan fingerprint density at radius 2 is 2.31 bits per heavy atom. The average molecular weight is 298 g/mol. The first kappa shape index (κ1) is 11.3. The minimum Gasteiger partial charge on any atom is -0.292 e. The molecule has 0 aliphatic rings. The minimum absolute atomic E-state index is 0.0464. The summed E-state index contributed by atoms with van der Waals surface area (Å²) in [6.07, 6.45) is 4.85. The lowest BCUT2D eigenvalue weighted by Gasteiger charge is -1.91. The van der Waals surface area contributed by atoms with Gasteiger partial charge in [-0.2, -0.15) is 0 Å². The summed E-state index contributed by atoms with van der Waals surface area (Å²) in [6.45, 7) is 1.83. The number of hydrogen-bond acceptors (Lipinski definition) is 5. The van der Waals surface area contributed by atoms with Gasteiger partial charge in [-0.1, -0.05) is 15.9 Å². The van der Waals surface area contributed by atoms with E-state index in [1.54, 1.807) is 18.6 Å². The summed E-state index contributed by atoms with van der Waals surface area (Å²) in [5.74, 6) is 0.0464. The molecule has 0 saturated heterocycles. The zero-order valence-corrected chi connectivity index (χ0v) is 10.9. The van der Waals surface area contributed by atoms with Gasteiger partial charge in [0.1, 0.15) is 10.7 Å². The molecule has 16 heavy (non-hydrogen) atoms. The van der Waals surface area contributed by atoms with Gasteiger partial charge in [-0.05, 0) is 6.92 Å². The maximum absolute atomic E-state index is 11.6. The number of ketones is 1. The number of carbonyl (C=O) groups excluding carboxylic acids is 1. The SMILES string of the molecule is Cc1nc(-c2cnccn2)sc1C(=O)CBr. The minimum atomic E-state index is 0.0464. The van der Waals surface area contributed by atoms with Crippen molar-refractivity contribution < 1.29 is 4.79 Å². The smallest absolute Gasteiger partial charge is 0.185 e. The van der Waals surface area contributed by atoms with Crippen molar-refractivity contribution in [2.45, 2.75) is 6.92 Å².